The Labute approximate surface area is 142 Å². The monoisotopic (exact) mass is 342 g/mol. The molecule has 8 heteroatoms. The van der Waals surface area contributed by atoms with Gasteiger partial charge in [0.05, 0.1) is 11.5 Å². The van der Waals surface area contributed by atoms with E-state index >= 15 is 0 Å². The Bertz CT molecular complexity index is 847. The number of rotatable bonds is 7. The molecule has 0 radical (unpaired) electrons. The third-order valence-electron chi connectivity index (χ3n) is 3.49. The summed E-state index contributed by atoms with van der Waals surface area (Å²) < 4.78 is 20.0. The van der Waals surface area contributed by atoms with Crippen LogP contribution in [0, 0.1) is 15.9 Å². The minimum absolute atomic E-state index is 0.0288. The zero-order valence-electron chi connectivity index (χ0n) is 13.2. The minimum atomic E-state index is -0.447. The topological polar surface area (TPSA) is 83.1 Å². The zero-order valence-corrected chi connectivity index (χ0v) is 13.2. The summed E-state index contributed by atoms with van der Waals surface area (Å²) in [4.78, 5) is 14.4. The fourth-order valence-corrected chi connectivity index (χ4v) is 2.21. The average molecular weight is 342 g/mol. The molecule has 0 bridgehead atoms. The number of ether oxygens (including phenoxy) is 1. The van der Waals surface area contributed by atoms with Crippen LogP contribution in [0.2, 0.25) is 0 Å². The lowest BCUT2D eigenvalue weighted by Gasteiger charge is -2.05. The fourth-order valence-electron chi connectivity index (χ4n) is 2.21. The largest absolute Gasteiger partial charge is 0.494 e. The second kappa shape index (κ2) is 7.52. The van der Waals surface area contributed by atoms with E-state index in [-0.39, 0.29) is 11.5 Å². The highest BCUT2D eigenvalue weighted by Gasteiger charge is 2.08. The van der Waals surface area contributed by atoms with E-state index in [1.54, 1.807) is 35.3 Å². The molecule has 0 spiro atoms. The maximum absolute atomic E-state index is 12.8. The van der Waals surface area contributed by atoms with Crippen molar-refractivity contribution in [2.24, 2.45) is 0 Å². The molecule has 25 heavy (non-hydrogen) atoms. The van der Waals surface area contributed by atoms with Crippen molar-refractivity contribution in [2.45, 2.75) is 13.0 Å². The first-order valence-electron chi connectivity index (χ1n) is 7.64. The molecule has 0 unspecified atom stereocenters. The van der Waals surface area contributed by atoms with Crippen molar-refractivity contribution in [3.05, 3.63) is 70.8 Å². The molecular weight excluding hydrogens is 327 g/mol. The molecule has 2 aromatic carbocycles. The van der Waals surface area contributed by atoms with Crippen molar-refractivity contribution in [3.8, 4) is 17.1 Å². The Hall–Kier alpha value is -3.29. The molecule has 3 aromatic rings. The van der Waals surface area contributed by atoms with E-state index in [1.165, 1.54) is 24.3 Å². The lowest BCUT2D eigenvalue weighted by molar-refractivity contribution is -0.384. The van der Waals surface area contributed by atoms with Crippen LogP contribution in [0.15, 0.2) is 54.9 Å². The van der Waals surface area contributed by atoms with Gasteiger partial charge in [0, 0.05) is 30.7 Å². The van der Waals surface area contributed by atoms with Gasteiger partial charge in [0.25, 0.3) is 5.69 Å². The predicted octanol–water partition coefficient (Wildman–Crippen LogP) is 3.46. The summed E-state index contributed by atoms with van der Waals surface area (Å²) in [5.41, 5.74) is 0.744. The van der Waals surface area contributed by atoms with Gasteiger partial charge in [-0.25, -0.2) is 9.37 Å². The number of hydrogen-bond acceptors (Lipinski definition) is 5. The number of aromatic nitrogens is 3. The summed E-state index contributed by atoms with van der Waals surface area (Å²) in [7, 11) is 0. The lowest BCUT2D eigenvalue weighted by Crippen LogP contribution is -2.05. The van der Waals surface area contributed by atoms with E-state index in [2.05, 4.69) is 10.1 Å². The summed E-state index contributed by atoms with van der Waals surface area (Å²) in [6, 6.07) is 11.9. The molecule has 1 aromatic heterocycles. The van der Waals surface area contributed by atoms with Gasteiger partial charge >= 0.3 is 0 Å². The van der Waals surface area contributed by atoms with E-state index in [0.29, 0.717) is 36.7 Å². The van der Waals surface area contributed by atoms with Crippen LogP contribution in [0.1, 0.15) is 6.42 Å². The molecule has 0 fully saturated rings. The van der Waals surface area contributed by atoms with Crippen LogP contribution < -0.4 is 4.74 Å². The van der Waals surface area contributed by atoms with Crippen LogP contribution in [0.5, 0.6) is 5.75 Å². The van der Waals surface area contributed by atoms with Crippen LogP contribution in [0.3, 0.4) is 0 Å². The highest BCUT2D eigenvalue weighted by molar-refractivity contribution is 5.56. The summed E-state index contributed by atoms with van der Waals surface area (Å²) in [6.07, 6.45) is 2.31. The van der Waals surface area contributed by atoms with Crippen LogP contribution in [0.25, 0.3) is 11.4 Å². The van der Waals surface area contributed by atoms with Crippen LogP contribution in [-0.2, 0) is 6.54 Å². The first-order chi connectivity index (χ1) is 12.1. The molecule has 128 valence electrons. The molecule has 0 atom stereocenters. The molecular formula is C17H15FN4O3. The van der Waals surface area contributed by atoms with Gasteiger partial charge in [-0.15, -0.1) is 0 Å². The van der Waals surface area contributed by atoms with Gasteiger partial charge in [-0.05, 0) is 36.4 Å². The van der Waals surface area contributed by atoms with E-state index in [1.807, 2.05) is 0 Å². The third kappa shape index (κ3) is 4.37. The van der Waals surface area contributed by atoms with Crippen molar-refractivity contribution < 1.29 is 14.1 Å². The van der Waals surface area contributed by atoms with E-state index < -0.39 is 4.92 Å². The molecule has 0 amide bonds. The average Bonchev–Trinajstić information content (AvgIpc) is 3.09. The third-order valence-corrected chi connectivity index (χ3v) is 3.49. The van der Waals surface area contributed by atoms with E-state index in [4.69, 9.17) is 4.74 Å². The Kier molecular flexibility index (Phi) is 4.98. The second-order valence-electron chi connectivity index (χ2n) is 5.29. The number of nitrogens with zero attached hydrogens (tertiary/aromatic N) is 4. The Morgan fingerprint density at radius 1 is 1.12 bits per heavy atom. The molecule has 0 aliphatic carbocycles. The van der Waals surface area contributed by atoms with Crippen LogP contribution in [-0.4, -0.2) is 26.3 Å². The minimum Gasteiger partial charge on any atom is -0.494 e. The highest BCUT2D eigenvalue weighted by atomic mass is 19.1. The first-order valence-corrected chi connectivity index (χ1v) is 7.64. The van der Waals surface area contributed by atoms with Gasteiger partial charge in [0.1, 0.15) is 17.9 Å². The van der Waals surface area contributed by atoms with Gasteiger partial charge in [0.2, 0.25) is 0 Å². The fraction of sp³-hybridized carbons (Fsp3) is 0.176. The predicted molar refractivity (Wildman–Crippen MR) is 88.6 cm³/mol. The smallest absolute Gasteiger partial charge is 0.269 e. The Morgan fingerprint density at radius 2 is 1.84 bits per heavy atom. The number of aryl methyl sites for hydroxylation is 1. The molecule has 3 rings (SSSR count). The molecule has 0 N–H and O–H groups in total. The maximum atomic E-state index is 12.8. The summed E-state index contributed by atoms with van der Waals surface area (Å²) in [5, 5.41) is 15.0. The van der Waals surface area contributed by atoms with E-state index in [0.717, 1.165) is 0 Å². The summed E-state index contributed by atoms with van der Waals surface area (Å²) >= 11 is 0. The van der Waals surface area contributed by atoms with Crippen LogP contribution in [0.4, 0.5) is 10.1 Å². The molecule has 0 saturated carbocycles. The number of non-ortho nitro benzene ring substituents is 1. The van der Waals surface area contributed by atoms with Gasteiger partial charge in [-0.1, -0.05) is 0 Å². The Balaban J connectivity index is 1.51. The normalized spacial score (nSPS) is 10.6. The molecule has 7 nitrogen and oxygen atoms in total. The number of nitro benzene ring substituents is 1. The van der Waals surface area contributed by atoms with Gasteiger partial charge < -0.3 is 4.74 Å². The zero-order chi connectivity index (χ0) is 17.6. The van der Waals surface area contributed by atoms with Crippen molar-refractivity contribution in [1.82, 2.24) is 14.8 Å². The standard InChI is InChI=1S/C17H15FN4O3/c18-14-4-8-16(9-5-14)25-11-1-10-21-12-19-17(20-21)13-2-6-15(7-3-13)22(23)24/h2-9,12H,1,10-11H2. The van der Waals surface area contributed by atoms with Gasteiger partial charge in [-0.3, -0.25) is 14.8 Å². The molecule has 0 saturated heterocycles. The summed E-state index contributed by atoms with van der Waals surface area (Å²) in [6.45, 7) is 1.08. The van der Waals surface area contributed by atoms with Crippen molar-refractivity contribution in [3.63, 3.8) is 0 Å². The quantitative estimate of drug-likeness (QED) is 0.373. The van der Waals surface area contributed by atoms with Crippen molar-refractivity contribution >= 4 is 5.69 Å². The highest BCUT2D eigenvalue weighted by Crippen LogP contribution is 2.19. The number of benzene rings is 2. The Morgan fingerprint density at radius 3 is 2.52 bits per heavy atom. The van der Waals surface area contributed by atoms with E-state index in [9.17, 15) is 14.5 Å². The van der Waals surface area contributed by atoms with Gasteiger partial charge in [-0.2, -0.15) is 5.10 Å². The first kappa shape index (κ1) is 16.6. The molecule has 1 heterocycles. The SMILES string of the molecule is O=[N+]([O-])c1ccc(-c2ncn(CCCOc3ccc(F)cc3)n2)cc1. The lowest BCUT2D eigenvalue weighted by atomic mass is 10.2. The van der Waals surface area contributed by atoms with Crippen LogP contribution >= 0.6 is 0 Å². The summed E-state index contributed by atoms with van der Waals surface area (Å²) in [5.74, 6) is 0.828. The maximum Gasteiger partial charge on any atom is 0.269 e. The second-order valence-corrected chi connectivity index (χ2v) is 5.29. The number of halogens is 1. The number of nitro groups is 1. The number of hydrogen-bond donors (Lipinski definition) is 0. The van der Waals surface area contributed by atoms with Crippen molar-refractivity contribution in [1.29, 1.82) is 0 Å². The molecule has 0 aliphatic rings. The molecule has 0 aliphatic heterocycles. The van der Waals surface area contributed by atoms with Gasteiger partial charge in [0.15, 0.2) is 5.82 Å². The van der Waals surface area contributed by atoms with Crippen molar-refractivity contribution in [2.75, 3.05) is 6.61 Å².